The molecule has 3 heteroatoms. The number of aromatic nitrogens is 2. The van der Waals surface area contributed by atoms with Crippen molar-refractivity contribution >= 4 is 0 Å². The Hall–Kier alpha value is -0.830. The number of rotatable bonds is 3. The minimum atomic E-state index is 0.799. The van der Waals surface area contributed by atoms with E-state index in [4.69, 9.17) is 0 Å². The van der Waals surface area contributed by atoms with Crippen molar-refractivity contribution in [3.05, 3.63) is 17.5 Å². The molecule has 1 aromatic rings. The smallest absolute Gasteiger partial charge is 0.0765 e. The summed E-state index contributed by atoms with van der Waals surface area (Å²) < 4.78 is 2.02. The molecule has 0 spiro atoms. The Morgan fingerprint density at radius 1 is 1.67 bits per heavy atom. The standard InChI is InChI=1S/C9H15N3/c1-10-6-8-5-9(7-3-4-7)12(2)11-8/h5,7,10H,3-4,6H2,1-2H3. The van der Waals surface area contributed by atoms with Gasteiger partial charge >= 0.3 is 0 Å². The van der Waals surface area contributed by atoms with Crippen LogP contribution in [0.3, 0.4) is 0 Å². The van der Waals surface area contributed by atoms with Crippen molar-refractivity contribution in [3.8, 4) is 0 Å². The zero-order valence-electron chi connectivity index (χ0n) is 7.67. The second-order valence-electron chi connectivity index (χ2n) is 3.49. The summed E-state index contributed by atoms with van der Waals surface area (Å²) in [6.45, 7) is 0.876. The Labute approximate surface area is 72.8 Å². The third-order valence-electron chi connectivity index (χ3n) is 2.32. The van der Waals surface area contributed by atoms with Crippen molar-refractivity contribution in [1.82, 2.24) is 15.1 Å². The van der Waals surface area contributed by atoms with Gasteiger partial charge in [-0.25, -0.2) is 0 Å². The van der Waals surface area contributed by atoms with Crippen LogP contribution in [0.1, 0.15) is 30.1 Å². The first-order valence-corrected chi connectivity index (χ1v) is 4.48. The molecule has 2 rings (SSSR count). The Morgan fingerprint density at radius 3 is 3.00 bits per heavy atom. The summed E-state index contributed by atoms with van der Waals surface area (Å²) in [6.07, 6.45) is 2.69. The van der Waals surface area contributed by atoms with Crippen LogP contribution in [0, 0.1) is 0 Å². The SMILES string of the molecule is CNCc1cc(C2CC2)n(C)n1. The maximum atomic E-state index is 4.42. The normalized spacial score (nSPS) is 16.8. The average Bonchev–Trinajstić information content (AvgIpc) is 2.79. The van der Waals surface area contributed by atoms with Crippen LogP contribution in [0.2, 0.25) is 0 Å². The van der Waals surface area contributed by atoms with E-state index in [0.717, 1.165) is 18.2 Å². The van der Waals surface area contributed by atoms with Crippen LogP contribution in [-0.4, -0.2) is 16.8 Å². The minimum Gasteiger partial charge on any atom is -0.314 e. The molecule has 0 atom stereocenters. The van der Waals surface area contributed by atoms with Crippen molar-refractivity contribution in [2.24, 2.45) is 7.05 Å². The molecule has 66 valence electrons. The fraction of sp³-hybridized carbons (Fsp3) is 0.667. The van der Waals surface area contributed by atoms with Crippen LogP contribution in [0.25, 0.3) is 0 Å². The summed E-state index contributed by atoms with van der Waals surface area (Å²) in [5.41, 5.74) is 2.56. The van der Waals surface area contributed by atoms with Gasteiger partial charge in [0.25, 0.3) is 0 Å². The monoisotopic (exact) mass is 165 g/mol. The van der Waals surface area contributed by atoms with Gasteiger partial charge in [-0.15, -0.1) is 0 Å². The molecule has 0 unspecified atom stereocenters. The van der Waals surface area contributed by atoms with Gasteiger partial charge in [-0.1, -0.05) is 0 Å². The molecule has 1 fully saturated rings. The van der Waals surface area contributed by atoms with Gasteiger partial charge in [-0.05, 0) is 26.0 Å². The lowest BCUT2D eigenvalue weighted by Crippen LogP contribution is -2.05. The first-order chi connectivity index (χ1) is 5.81. The highest BCUT2D eigenvalue weighted by molar-refractivity contribution is 5.18. The average molecular weight is 165 g/mol. The summed E-state index contributed by atoms with van der Waals surface area (Å²) in [7, 11) is 3.98. The summed E-state index contributed by atoms with van der Waals surface area (Å²) >= 11 is 0. The number of aryl methyl sites for hydroxylation is 1. The van der Waals surface area contributed by atoms with E-state index in [1.165, 1.54) is 18.5 Å². The van der Waals surface area contributed by atoms with Gasteiger partial charge < -0.3 is 5.32 Å². The predicted octanol–water partition coefficient (Wildman–Crippen LogP) is 1.02. The Balaban J connectivity index is 2.18. The van der Waals surface area contributed by atoms with Gasteiger partial charge in [0.1, 0.15) is 0 Å². The van der Waals surface area contributed by atoms with Gasteiger partial charge in [0.2, 0.25) is 0 Å². The predicted molar refractivity (Wildman–Crippen MR) is 47.9 cm³/mol. The molecule has 3 nitrogen and oxygen atoms in total. The van der Waals surface area contributed by atoms with Crippen molar-refractivity contribution < 1.29 is 0 Å². The van der Waals surface area contributed by atoms with E-state index in [2.05, 4.69) is 16.5 Å². The van der Waals surface area contributed by atoms with Crippen molar-refractivity contribution in [1.29, 1.82) is 0 Å². The molecule has 0 radical (unpaired) electrons. The van der Waals surface area contributed by atoms with E-state index in [9.17, 15) is 0 Å². The maximum Gasteiger partial charge on any atom is 0.0765 e. The highest BCUT2D eigenvalue weighted by Gasteiger charge is 2.26. The Morgan fingerprint density at radius 2 is 2.42 bits per heavy atom. The molecule has 0 aliphatic heterocycles. The fourth-order valence-electron chi connectivity index (χ4n) is 1.57. The summed E-state index contributed by atoms with van der Waals surface area (Å²) in [6, 6.07) is 2.22. The minimum absolute atomic E-state index is 0.799. The van der Waals surface area contributed by atoms with E-state index in [1.54, 1.807) is 0 Å². The van der Waals surface area contributed by atoms with Crippen LogP contribution >= 0.6 is 0 Å². The van der Waals surface area contributed by atoms with E-state index in [0.29, 0.717) is 0 Å². The molecule has 1 saturated carbocycles. The zero-order valence-corrected chi connectivity index (χ0v) is 7.67. The van der Waals surface area contributed by atoms with Gasteiger partial charge in [-0.2, -0.15) is 5.10 Å². The lowest BCUT2D eigenvalue weighted by atomic mass is 10.2. The molecule has 1 N–H and O–H groups in total. The Kier molecular flexibility index (Phi) is 1.89. The highest BCUT2D eigenvalue weighted by Crippen LogP contribution is 2.39. The summed E-state index contributed by atoms with van der Waals surface area (Å²) in [5.74, 6) is 0.799. The summed E-state index contributed by atoms with van der Waals surface area (Å²) in [4.78, 5) is 0. The second-order valence-corrected chi connectivity index (χ2v) is 3.49. The van der Waals surface area contributed by atoms with Crippen molar-refractivity contribution in [2.75, 3.05) is 7.05 Å². The first kappa shape index (κ1) is 7.80. The lowest BCUT2D eigenvalue weighted by molar-refractivity contribution is 0.684. The molecule has 0 aromatic carbocycles. The summed E-state index contributed by atoms with van der Waals surface area (Å²) in [5, 5.41) is 7.52. The van der Waals surface area contributed by atoms with E-state index < -0.39 is 0 Å². The maximum absolute atomic E-state index is 4.42. The topological polar surface area (TPSA) is 29.9 Å². The van der Waals surface area contributed by atoms with E-state index in [1.807, 2.05) is 18.8 Å². The molecule has 12 heavy (non-hydrogen) atoms. The van der Waals surface area contributed by atoms with E-state index >= 15 is 0 Å². The number of nitrogens with zero attached hydrogens (tertiary/aromatic N) is 2. The molecule has 1 aliphatic carbocycles. The fourth-order valence-corrected chi connectivity index (χ4v) is 1.57. The molecule has 1 aromatic heterocycles. The molecule has 1 aliphatic rings. The molecule has 1 heterocycles. The van der Waals surface area contributed by atoms with Crippen LogP contribution in [0.15, 0.2) is 6.07 Å². The van der Waals surface area contributed by atoms with Crippen LogP contribution in [0.4, 0.5) is 0 Å². The van der Waals surface area contributed by atoms with E-state index in [-0.39, 0.29) is 0 Å². The number of hydrogen-bond donors (Lipinski definition) is 1. The molecular weight excluding hydrogens is 150 g/mol. The first-order valence-electron chi connectivity index (χ1n) is 4.48. The molecule has 0 saturated heterocycles. The third kappa shape index (κ3) is 1.37. The zero-order chi connectivity index (χ0) is 8.55. The third-order valence-corrected chi connectivity index (χ3v) is 2.32. The van der Waals surface area contributed by atoms with Gasteiger partial charge in [0.05, 0.1) is 5.69 Å². The van der Waals surface area contributed by atoms with Crippen LogP contribution in [-0.2, 0) is 13.6 Å². The van der Waals surface area contributed by atoms with Gasteiger partial charge in [-0.3, -0.25) is 4.68 Å². The number of nitrogens with one attached hydrogen (secondary N) is 1. The highest BCUT2D eigenvalue weighted by atomic mass is 15.3. The van der Waals surface area contributed by atoms with Crippen molar-refractivity contribution in [3.63, 3.8) is 0 Å². The molecule has 0 amide bonds. The van der Waals surface area contributed by atoms with Gasteiger partial charge in [0, 0.05) is 25.2 Å². The van der Waals surface area contributed by atoms with Gasteiger partial charge in [0.15, 0.2) is 0 Å². The second kappa shape index (κ2) is 2.90. The molecular formula is C9H15N3. The quantitative estimate of drug-likeness (QED) is 0.724. The van der Waals surface area contributed by atoms with Crippen molar-refractivity contribution in [2.45, 2.75) is 25.3 Å². The lowest BCUT2D eigenvalue weighted by Gasteiger charge is -1.95. The van der Waals surface area contributed by atoms with Crippen LogP contribution < -0.4 is 5.32 Å². The Bertz CT molecular complexity index is 273. The largest absolute Gasteiger partial charge is 0.314 e. The molecule has 0 bridgehead atoms. The van der Waals surface area contributed by atoms with Crippen LogP contribution in [0.5, 0.6) is 0 Å². The number of hydrogen-bond acceptors (Lipinski definition) is 2.